The number of halogens is 4. The van der Waals surface area contributed by atoms with Crippen LogP contribution in [0.4, 0.5) is 0 Å². The fourth-order valence-electron chi connectivity index (χ4n) is 3.28. The van der Waals surface area contributed by atoms with Crippen LogP contribution in [0.2, 0.25) is 0 Å². The molecule has 2 amide bonds. The van der Waals surface area contributed by atoms with Crippen LogP contribution < -0.4 is 0 Å². The molecule has 0 aromatic heterocycles. The predicted molar refractivity (Wildman–Crippen MR) is 89.5 cm³/mol. The Morgan fingerprint density at radius 1 is 0.909 bits per heavy atom. The summed E-state index contributed by atoms with van der Waals surface area (Å²) in [5.41, 5.74) is 0. The summed E-state index contributed by atoms with van der Waals surface area (Å²) in [7, 11) is 6.53. The number of nitrogens with zero attached hydrogens (tertiary/aromatic N) is 2. The van der Waals surface area contributed by atoms with E-state index < -0.39 is 21.6 Å². The molecule has 2 atom stereocenters. The van der Waals surface area contributed by atoms with Crippen molar-refractivity contribution in [2.75, 3.05) is 28.2 Å². The van der Waals surface area contributed by atoms with Crippen LogP contribution in [0.1, 0.15) is 12.8 Å². The van der Waals surface area contributed by atoms with E-state index in [0.717, 1.165) is 0 Å². The van der Waals surface area contributed by atoms with Crippen LogP contribution in [-0.2, 0) is 9.59 Å². The van der Waals surface area contributed by atoms with E-state index in [2.05, 4.69) is 0 Å². The van der Waals surface area contributed by atoms with Crippen LogP contribution in [0.3, 0.4) is 0 Å². The van der Waals surface area contributed by atoms with Crippen molar-refractivity contribution in [1.29, 1.82) is 0 Å². The molecule has 1 saturated carbocycles. The SMILES string of the molecule is CN(C)C(=O)C1CC2(Cl)CC(C(=O)N(C)C)C1(Cl)C(Cl)=C2Cl. The van der Waals surface area contributed by atoms with Crippen LogP contribution in [0.25, 0.3) is 0 Å². The molecule has 0 aromatic rings. The van der Waals surface area contributed by atoms with E-state index in [-0.39, 0.29) is 34.7 Å². The standard InChI is InChI=1S/C14H18Cl4N2O2/c1-19(2)11(21)7-5-13(17)6-8(12(22)20(3)4)14(7,18)10(16)9(13)15/h7-8H,5-6H2,1-4H3. The van der Waals surface area contributed by atoms with Gasteiger partial charge in [-0.1, -0.05) is 23.2 Å². The minimum absolute atomic E-state index is 0.115. The summed E-state index contributed by atoms with van der Waals surface area (Å²) in [5.74, 6) is -1.81. The number of hydrogen-bond donors (Lipinski definition) is 0. The second-order valence-corrected chi connectivity index (χ2v) is 8.44. The van der Waals surface area contributed by atoms with Gasteiger partial charge >= 0.3 is 0 Å². The van der Waals surface area contributed by atoms with Crippen LogP contribution in [0.5, 0.6) is 0 Å². The molecule has 4 nitrogen and oxygen atoms in total. The highest BCUT2D eigenvalue weighted by Gasteiger charge is 2.66. The van der Waals surface area contributed by atoms with E-state index in [1.54, 1.807) is 28.2 Å². The summed E-state index contributed by atoms with van der Waals surface area (Å²) in [6.45, 7) is 0. The van der Waals surface area contributed by atoms with Gasteiger partial charge in [-0.25, -0.2) is 0 Å². The fourth-order valence-corrected chi connectivity index (χ4v) is 4.97. The van der Waals surface area contributed by atoms with Crippen molar-refractivity contribution in [1.82, 2.24) is 9.80 Å². The monoisotopic (exact) mass is 386 g/mol. The van der Waals surface area contributed by atoms with Gasteiger partial charge in [-0.2, -0.15) is 0 Å². The van der Waals surface area contributed by atoms with Gasteiger partial charge in [0.1, 0.15) is 4.87 Å². The molecule has 3 aliphatic rings. The Labute approximate surface area is 150 Å². The molecular weight excluding hydrogens is 370 g/mol. The zero-order valence-corrected chi connectivity index (χ0v) is 15.8. The Morgan fingerprint density at radius 3 is 1.59 bits per heavy atom. The van der Waals surface area contributed by atoms with E-state index in [1.165, 1.54) is 9.80 Å². The Hall–Kier alpha value is -0.160. The lowest BCUT2D eigenvalue weighted by Crippen LogP contribution is -2.63. The van der Waals surface area contributed by atoms with Gasteiger partial charge in [-0.3, -0.25) is 9.59 Å². The summed E-state index contributed by atoms with van der Waals surface area (Å²) in [5, 5.41) is 0.361. The summed E-state index contributed by atoms with van der Waals surface area (Å²) >= 11 is 26.1. The summed E-state index contributed by atoms with van der Waals surface area (Å²) < 4.78 is 0. The van der Waals surface area contributed by atoms with Crippen molar-refractivity contribution in [3.05, 3.63) is 10.1 Å². The van der Waals surface area contributed by atoms with Gasteiger partial charge in [0.05, 0.1) is 26.8 Å². The lowest BCUT2D eigenvalue weighted by Gasteiger charge is -2.55. The molecular formula is C14H18Cl4N2O2. The van der Waals surface area contributed by atoms with Crippen molar-refractivity contribution < 1.29 is 9.59 Å². The van der Waals surface area contributed by atoms with Gasteiger partial charge < -0.3 is 9.80 Å². The number of carbonyl (C=O) groups excluding carboxylic acids is 2. The van der Waals surface area contributed by atoms with Gasteiger partial charge in [0.25, 0.3) is 0 Å². The average molecular weight is 388 g/mol. The largest absolute Gasteiger partial charge is 0.349 e. The fraction of sp³-hybridized carbons (Fsp3) is 0.714. The minimum atomic E-state index is -1.35. The number of hydrogen-bond acceptors (Lipinski definition) is 2. The predicted octanol–water partition coefficient (Wildman–Crippen LogP) is 2.85. The first-order valence-electron chi connectivity index (χ1n) is 6.83. The number of carbonyl (C=O) groups is 2. The topological polar surface area (TPSA) is 40.6 Å². The van der Waals surface area contributed by atoms with Crippen molar-refractivity contribution >= 4 is 58.2 Å². The maximum atomic E-state index is 12.6. The van der Waals surface area contributed by atoms with Gasteiger partial charge in [-0.05, 0) is 12.8 Å². The van der Waals surface area contributed by atoms with E-state index in [1.807, 2.05) is 0 Å². The number of fused-ring (bicyclic) bond motifs is 2. The van der Waals surface area contributed by atoms with E-state index in [4.69, 9.17) is 46.4 Å². The quantitative estimate of drug-likeness (QED) is 0.683. The minimum Gasteiger partial charge on any atom is -0.349 e. The number of alkyl halides is 2. The molecule has 8 heteroatoms. The number of amides is 2. The van der Waals surface area contributed by atoms with Crippen molar-refractivity contribution in [2.24, 2.45) is 11.8 Å². The highest BCUT2D eigenvalue weighted by atomic mass is 35.5. The summed E-state index contributed by atoms with van der Waals surface area (Å²) in [6.07, 6.45) is 0.530. The van der Waals surface area contributed by atoms with Gasteiger partial charge in [0.2, 0.25) is 11.8 Å². The lowest BCUT2D eigenvalue weighted by atomic mass is 9.61. The normalized spacial score (nSPS) is 37.3. The Kier molecular flexibility index (Phi) is 4.73. The Balaban J connectivity index is 2.60. The summed E-state index contributed by atoms with van der Waals surface area (Å²) in [4.78, 5) is 25.6. The molecule has 3 aliphatic carbocycles. The Morgan fingerprint density at radius 2 is 1.27 bits per heavy atom. The number of rotatable bonds is 2. The average Bonchev–Trinajstić information content (AvgIpc) is 2.44. The van der Waals surface area contributed by atoms with Crippen molar-refractivity contribution in [3.8, 4) is 0 Å². The molecule has 124 valence electrons. The molecule has 3 rings (SSSR count). The third-order valence-electron chi connectivity index (χ3n) is 4.47. The molecule has 2 bridgehead atoms. The molecule has 22 heavy (non-hydrogen) atoms. The maximum absolute atomic E-state index is 12.6. The molecule has 0 heterocycles. The smallest absolute Gasteiger partial charge is 0.227 e. The second-order valence-electron chi connectivity index (χ2n) is 6.34. The van der Waals surface area contributed by atoms with Crippen LogP contribution in [-0.4, -0.2) is 59.6 Å². The first-order chi connectivity index (χ1) is 9.96. The molecule has 0 aromatic carbocycles. The van der Waals surface area contributed by atoms with E-state index in [0.29, 0.717) is 0 Å². The van der Waals surface area contributed by atoms with Crippen molar-refractivity contribution in [3.63, 3.8) is 0 Å². The lowest BCUT2D eigenvalue weighted by molar-refractivity contribution is -0.141. The molecule has 0 saturated heterocycles. The zero-order valence-electron chi connectivity index (χ0n) is 12.8. The highest BCUT2D eigenvalue weighted by Crippen LogP contribution is 2.64. The van der Waals surface area contributed by atoms with Crippen LogP contribution in [0, 0.1) is 11.8 Å². The van der Waals surface area contributed by atoms with Crippen molar-refractivity contribution in [2.45, 2.75) is 22.6 Å². The maximum Gasteiger partial charge on any atom is 0.227 e. The molecule has 0 aliphatic heterocycles. The van der Waals surface area contributed by atoms with E-state index >= 15 is 0 Å². The van der Waals surface area contributed by atoms with Crippen LogP contribution in [0.15, 0.2) is 10.1 Å². The van der Waals surface area contributed by atoms with E-state index in [9.17, 15) is 9.59 Å². The number of allylic oxidation sites excluding steroid dienone is 2. The summed E-state index contributed by atoms with van der Waals surface area (Å²) in [6, 6.07) is 0. The molecule has 0 radical (unpaired) electrons. The van der Waals surface area contributed by atoms with Gasteiger partial charge in [0, 0.05) is 28.2 Å². The van der Waals surface area contributed by atoms with Gasteiger partial charge in [0.15, 0.2) is 0 Å². The first kappa shape index (κ1) is 18.2. The third-order valence-corrected chi connectivity index (χ3v) is 7.03. The molecule has 1 fully saturated rings. The zero-order chi connectivity index (χ0) is 17.0. The van der Waals surface area contributed by atoms with Crippen LogP contribution >= 0.6 is 46.4 Å². The van der Waals surface area contributed by atoms with Gasteiger partial charge in [-0.15, -0.1) is 23.2 Å². The second kappa shape index (κ2) is 5.73. The third kappa shape index (κ3) is 2.43. The molecule has 2 unspecified atom stereocenters. The molecule has 0 spiro atoms. The highest BCUT2D eigenvalue weighted by molar-refractivity contribution is 6.50. The first-order valence-corrected chi connectivity index (χ1v) is 8.34. The Bertz CT molecular complexity index is 529. The molecule has 0 N–H and O–H groups in total.